The van der Waals surface area contributed by atoms with Crippen LogP contribution >= 0.6 is 0 Å². The van der Waals surface area contributed by atoms with Gasteiger partial charge in [-0.1, -0.05) is 0 Å². The van der Waals surface area contributed by atoms with Crippen LogP contribution in [0.1, 0.15) is 0 Å². The Morgan fingerprint density at radius 3 is 2.77 bits per heavy atom. The third-order valence-corrected chi connectivity index (χ3v) is 1.90. The molecule has 1 aromatic heterocycles. The standard InChI is InChI=1S/C7H11N5O/c13-7(11-6-3-8-4-6)5-12-9-1-2-10-12/h1-2,6,8H,3-5H2,(H,11,13). The molecule has 0 spiro atoms. The lowest BCUT2D eigenvalue weighted by atomic mass is 10.2. The average Bonchev–Trinajstić information content (AvgIpc) is 2.49. The molecule has 6 nitrogen and oxygen atoms in total. The molecule has 1 aliphatic rings. The summed E-state index contributed by atoms with van der Waals surface area (Å²) >= 11 is 0. The largest absolute Gasteiger partial charge is 0.349 e. The Morgan fingerprint density at radius 2 is 2.23 bits per heavy atom. The Kier molecular flexibility index (Phi) is 2.22. The van der Waals surface area contributed by atoms with Crippen molar-refractivity contribution in [1.82, 2.24) is 25.6 Å². The van der Waals surface area contributed by atoms with Crippen molar-refractivity contribution in [3.63, 3.8) is 0 Å². The van der Waals surface area contributed by atoms with Gasteiger partial charge in [-0.3, -0.25) is 4.79 Å². The second-order valence-electron chi connectivity index (χ2n) is 2.98. The van der Waals surface area contributed by atoms with Gasteiger partial charge in [0, 0.05) is 13.1 Å². The van der Waals surface area contributed by atoms with Crippen LogP contribution in [-0.4, -0.2) is 40.0 Å². The summed E-state index contributed by atoms with van der Waals surface area (Å²) in [6.07, 6.45) is 3.11. The second kappa shape index (κ2) is 3.53. The Hall–Kier alpha value is -1.43. The molecule has 70 valence electrons. The summed E-state index contributed by atoms with van der Waals surface area (Å²) in [5, 5.41) is 13.6. The SMILES string of the molecule is O=C(Cn1nccn1)NC1CNC1. The zero-order valence-corrected chi connectivity index (χ0v) is 7.10. The van der Waals surface area contributed by atoms with E-state index in [-0.39, 0.29) is 18.5 Å². The highest BCUT2D eigenvalue weighted by Crippen LogP contribution is 1.90. The Balaban J connectivity index is 1.78. The summed E-state index contributed by atoms with van der Waals surface area (Å²) < 4.78 is 0. The van der Waals surface area contributed by atoms with E-state index in [1.807, 2.05) is 0 Å². The lowest BCUT2D eigenvalue weighted by molar-refractivity contribution is -0.123. The molecule has 0 aliphatic carbocycles. The zero-order chi connectivity index (χ0) is 9.10. The Labute approximate surface area is 75.3 Å². The predicted octanol–water partition coefficient (Wildman–Crippen LogP) is -1.63. The molecular weight excluding hydrogens is 170 g/mol. The highest BCUT2D eigenvalue weighted by atomic mass is 16.2. The molecule has 2 heterocycles. The van der Waals surface area contributed by atoms with Crippen molar-refractivity contribution in [2.24, 2.45) is 0 Å². The molecular formula is C7H11N5O. The number of aromatic nitrogens is 3. The lowest BCUT2D eigenvalue weighted by Crippen LogP contribution is -2.57. The van der Waals surface area contributed by atoms with E-state index in [0.29, 0.717) is 0 Å². The molecule has 6 heteroatoms. The maximum Gasteiger partial charge on any atom is 0.243 e. The van der Waals surface area contributed by atoms with E-state index in [0.717, 1.165) is 13.1 Å². The van der Waals surface area contributed by atoms with Crippen molar-refractivity contribution >= 4 is 5.91 Å². The van der Waals surface area contributed by atoms with Gasteiger partial charge in [-0.2, -0.15) is 15.0 Å². The van der Waals surface area contributed by atoms with Gasteiger partial charge in [0.2, 0.25) is 5.91 Å². The van der Waals surface area contributed by atoms with Gasteiger partial charge in [0.25, 0.3) is 0 Å². The first kappa shape index (κ1) is 8.18. The number of hydrogen-bond acceptors (Lipinski definition) is 4. The quantitative estimate of drug-likeness (QED) is 0.587. The number of nitrogens with zero attached hydrogens (tertiary/aromatic N) is 3. The van der Waals surface area contributed by atoms with Gasteiger partial charge in [0.1, 0.15) is 6.54 Å². The van der Waals surface area contributed by atoms with Gasteiger partial charge in [0.15, 0.2) is 0 Å². The van der Waals surface area contributed by atoms with Gasteiger partial charge in [-0.05, 0) is 0 Å². The number of carbonyl (C=O) groups excluding carboxylic acids is 1. The van der Waals surface area contributed by atoms with E-state index >= 15 is 0 Å². The Morgan fingerprint density at radius 1 is 1.54 bits per heavy atom. The molecule has 0 radical (unpaired) electrons. The van der Waals surface area contributed by atoms with E-state index in [2.05, 4.69) is 20.8 Å². The number of hydrogen-bond donors (Lipinski definition) is 2. The van der Waals surface area contributed by atoms with Crippen LogP contribution in [0.3, 0.4) is 0 Å². The van der Waals surface area contributed by atoms with Crippen LogP contribution in [-0.2, 0) is 11.3 Å². The highest BCUT2D eigenvalue weighted by Gasteiger charge is 2.18. The van der Waals surface area contributed by atoms with Crippen LogP contribution in [0.25, 0.3) is 0 Å². The maximum absolute atomic E-state index is 11.3. The normalized spacial score (nSPS) is 16.6. The second-order valence-corrected chi connectivity index (χ2v) is 2.98. The monoisotopic (exact) mass is 181 g/mol. The third-order valence-electron chi connectivity index (χ3n) is 1.90. The van der Waals surface area contributed by atoms with Crippen LogP contribution in [0.4, 0.5) is 0 Å². The Bertz CT molecular complexity index is 279. The summed E-state index contributed by atoms with van der Waals surface area (Å²) in [4.78, 5) is 12.6. The van der Waals surface area contributed by atoms with Gasteiger partial charge in [-0.25, -0.2) is 0 Å². The molecule has 1 fully saturated rings. The van der Waals surface area contributed by atoms with Gasteiger partial charge in [-0.15, -0.1) is 0 Å². The summed E-state index contributed by atoms with van der Waals surface area (Å²) in [7, 11) is 0. The van der Waals surface area contributed by atoms with E-state index in [1.165, 1.54) is 4.80 Å². The average molecular weight is 181 g/mol. The molecule has 2 N–H and O–H groups in total. The van der Waals surface area contributed by atoms with Crippen molar-refractivity contribution in [2.75, 3.05) is 13.1 Å². The first-order valence-corrected chi connectivity index (χ1v) is 4.19. The van der Waals surface area contributed by atoms with Crippen LogP contribution < -0.4 is 10.6 Å². The molecule has 1 aromatic rings. The van der Waals surface area contributed by atoms with Gasteiger partial charge in [0.05, 0.1) is 18.4 Å². The van der Waals surface area contributed by atoms with Crippen molar-refractivity contribution in [3.8, 4) is 0 Å². The van der Waals surface area contributed by atoms with Crippen molar-refractivity contribution in [1.29, 1.82) is 0 Å². The van der Waals surface area contributed by atoms with Crippen LogP contribution in [0.5, 0.6) is 0 Å². The van der Waals surface area contributed by atoms with Crippen LogP contribution in [0, 0.1) is 0 Å². The maximum atomic E-state index is 11.3. The molecule has 0 atom stereocenters. The minimum Gasteiger partial charge on any atom is -0.349 e. The number of nitrogens with one attached hydrogen (secondary N) is 2. The zero-order valence-electron chi connectivity index (χ0n) is 7.10. The van der Waals surface area contributed by atoms with Gasteiger partial charge < -0.3 is 10.6 Å². The minimum absolute atomic E-state index is 0.0392. The van der Waals surface area contributed by atoms with E-state index in [4.69, 9.17) is 0 Å². The van der Waals surface area contributed by atoms with Crippen molar-refractivity contribution in [3.05, 3.63) is 12.4 Å². The van der Waals surface area contributed by atoms with E-state index in [9.17, 15) is 4.79 Å². The molecule has 0 bridgehead atoms. The molecule has 2 rings (SSSR count). The summed E-state index contributed by atoms with van der Waals surface area (Å²) in [5.41, 5.74) is 0. The molecule has 0 aromatic carbocycles. The fourth-order valence-corrected chi connectivity index (χ4v) is 1.12. The molecule has 0 saturated carbocycles. The van der Waals surface area contributed by atoms with Crippen molar-refractivity contribution < 1.29 is 4.79 Å². The van der Waals surface area contributed by atoms with Crippen LogP contribution in [0.2, 0.25) is 0 Å². The summed E-state index contributed by atoms with van der Waals surface area (Å²) in [6, 6.07) is 0.281. The molecule has 1 aliphatic heterocycles. The number of carbonyl (C=O) groups is 1. The molecule has 1 saturated heterocycles. The van der Waals surface area contributed by atoms with Crippen molar-refractivity contribution in [2.45, 2.75) is 12.6 Å². The minimum atomic E-state index is -0.0392. The predicted molar refractivity (Wildman–Crippen MR) is 44.8 cm³/mol. The molecule has 13 heavy (non-hydrogen) atoms. The number of amides is 1. The topological polar surface area (TPSA) is 71.8 Å². The molecule has 1 amide bonds. The third kappa shape index (κ3) is 2.03. The summed E-state index contributed by atoms with van der Waals surface area (Å²) in [5.74, 6) is -0.0392. The first-order valence-electron chi connectivity index (χ1n) is 4.19. The van der Waals surface area contributed by atoms with E-state index in [1.54, 1.807) is 12.4 Å². The van der Waals surface area contributed by atoms with Crippen LogP contribution in [0.15, 0.2) is 12.4 Å². The molecule has 0 unspecified atom stereocenters. The van der Waals surface area contributed by atoms with Gasteiger partial charge >= 0.3 is 0 Å². The summed E-state index contributed by atoms with van der Waals surface area (Å²) in [6.45, 7) is 1.92. The number of rotatable bonds is 3. The first-order chi connectivity index (χ1) is 6.34. The highest BCUT2D eigenvalue weighted by molar-refractivity contribution is 5.75. The fraction of sp³-hybridized carbons (Fsp3) is 0.571. The van der Waals surface area contributed by atoms with E-state index < -0.39 is 0 Å². The lowest BCUT2D eigenvalue weighted by Gasteiger charge is -2.27. The fourth-order valence-electron chi connectivity index (χ4n) is 1.12. The smallest absolute Gasteiger partial charge is 0.243 e.